The first-order chi connectivity index (χ1) is 8.33. The molecule has 2 heterocycles. The van der Waals surface area contributed by atoms with Crippen LogP contribution in [0.2, 0.25) is 0 Å². The Bertz CT molecular complexity index is 434. The van der Waals surface area contributed by atoms with E-state index in [0.717, 1.165) is 26.1 Å². The lowest BCUT2D eigenvalue weighted by Gasteiger charge is -2.31. The summed E-state index contributed by atoms with van der Waals surface area (Å²) in [6, 6.07) is 6.52. The predicted molar refractivity (Wildman–Crippen MR) is 69.0 cm³/mol. The Kier molecular flexibility index (Phi) is 2.83. The molecule has 17 heavy (non-hydrogen) atoms. The Balaban J connectivity index is 1.82. The number of piperidine rings is 1. The summed E-state index contributed by atoms with van der Waals surface area (Å²) in [7, 11) is 0. The van der Waals surface area contributed by atoms with Crippen LogP contribution in [0.5, 0.6) is 0 Å². The number of aliphatic imine (C=N–C) groups is 1. The average Bonchev–Trinajstić information content (AvgIpc) is 2.39. The van der Waals surface area contributed by atoms with Gasteiger partial charge in [0, 0.05) is 31.5 Å². The predicted octanol–water partition coefficient (Wildman–Crippen LogP) is 2.60. The molecule has 0 radical (unpaired) electrons. The third-order valence-electron chi connectivity index (χ3n) is 3.66. The molecule has 0 unspecified atom stereocenters. The number of hydrogen-bond acceptors (Lipinski definition) is 2. The van der Waals surface area contributed by atoms with Gasteiger partial charge in [-0.25, -0.2) is 4.39 Å². The fourth-order valence-corrected chi connectivity index (χ4v) is 2.59. The smallest absolute Gasteiger partial charge is 0.103 e. The topological polar surface area (TPSA) is 15.6 Å². The van der Waals surface area contributed by atoms with Crippen LogP contribution in [0.25, 0.3) is 0 Å². The molecule has 0 aliphatic carbocycles. The highest BCUT2D eigenvalue weighted by atomic mass is 19.1. The van der Waals surface area contributed by atoms with E-state index in [2.05, 4.69) is 28.1 Å². The van der Waals surface area contributed by atoms with Crippen molar-refractivity contribution in [2.75, 3.05) is 24.5 Å². The lowest BCUT2D eigenvalue weighted by atomic mass is 10.0. The summed E-state index contributed by atoms with van der Waals surface area (Å²) in [5, 5.41) is 0. The number of halogens is 1. The van der Waals surface area contributed by atoms with Crippen molar-refractivity contribution >= 4 is 11.9 Å². The number of rotatable bonds is 1. The Labute approximate surface area is 101 Å². The maximum Gasteiger partial charge on any atom is 0.103 e. The Morgan fingerprint density at radius 3 is 2.88 bits per heavy atom. The molecule has 2 nitrogen and oxygen atoms in total. The summed E-state index contributed by atoms with van der Waals surface area (Å²) in [5.74, 6) is 0. The fourth-order valence-electron chi connectivity index (χ4n) is 2.59. The van der Waals surface area contributed by atoms with Crippen molar-refractivity contribution in [3.8, 4) is 0 Å². The molecular weight excluding hydrogens is 215 g/mol. The second-order valence-electron chi connectivity index (χ2n) is 4.83. The van der Waals surface area contributed by atoms with E-state index in [1.807, 2.05) is 6.21 Å². The molecule has 0 spiro atoms. The first-order valence-corrected chi connectivity index (χ1v) is 6.35. The molecule has 3 rings (SSSR count). The molecule has 2 aliphatic rings. The minimum Gasteiger partial charge on any atom is -0.371 e. The second-order valence-corrected chi connectivity index (χ2v) is 4.83. The number of nitrogens with zero attached hydrogens (tertiary/aromatic N) is 2. The Morgan fingerprint density at radius 2 is 2.06 bits per heavy atom. The van der Waals surface area contributed by atoms with Crippen LogP contribution in [0.4, 0.5) is 10.1 Å². The van der Waals surface area contributed by atoms with Gasteiger partial charge in [0.05, 0.1) is 0 Å². The molecule has 0 N–H and O–H groups in total. The summed E-state index contributed by atoms with van der Waals surface area (Å²) < 4.78 is 13.1. The third kappa shape index (κ3) is 2.19. The van der Waals surface area contributed by atoms with Crippen LogP contribution in [0, 0.1) is 0 Å². The lowest BCUT2D eigenvalue weighted by molar-refractivity contribution is 0.277. The summed E-state index contributed by atoms with van der Waals surface area (Å²) in [5.41, 5.74) is 3.85. The zero-order valence-electron chi connectivity index (χ0n) is 9.90. The maximum atomic E-state index is 13.1. The van der Waals surface area contributed by atoms with Gasteiger partial charge in [0.2, 0.25) is 0 Å². The molecule has 1 aromatic rings. The van der Waals surface area contributed by atoms with E-state index >= 15 is 0 Å². The van der Waals surface area contributed by atoms with Crippen molar-refractivity contribution in [2.24, 2.45) is 4.99 Å². The number of anilines is 1. The van der Waals surface area contributed by atoms with Gasteiger partial charge in [-0.3, -0.25) is 4.99 Å². The molecule has 0 aromatic heterocycles. The molecule has 1 aromatic carbocycles. The van der Waals surface area contributed by atoms with Crippen LogP contribution >= 0.6 is 0 Å². The van der Waals surface area contributed by atoms with Gasteiger partial charge in [-0.15, -0.1) is 0 Å². The van der Waals surface area contributed by atoms with E-state index in [4.69, 9.17) is 0 Å². The highest BCUT2D eigenvalue weighted by molar-refractivity contribution is 5.83. The van der Waals surface area contributed by atoms with Crippen LogP contribution in [-0.4, -0.2) is 32.0 Å². The van der Waals surface area contributed by atoms with Crippen molar-refractivity contribution in [1.29, 1.82) is 0 Å². The van der Waals surface area contributed by atoms with E-state index in [-0.39, 0.29) is 0 Å². The van der Waals surface area contributed by atoms with Gasteiger partial charge < -0.3 is 4.90 Å². The van der Waals surface area contributed by atoms with Gasteiger partial charge in [-0.1, -0.05) is 6.07 Å². The molecule has 0 saturated carbocycles. The van der Waals surface area contributed by atoms with Crippen molar-refractivity contribution in [1.82, 2.24) is 0 Å². The molecule has 0 bridgehead atoms. The number of hydrogen-bond donors (Lipinski definition) is 0. The molecule has 0 amide bonds. The molecule has 0 atom stereocenters. The Morgan fingerprint density at radius 1 is 1.24 bits per heavy atom. The van der Waals surface area contributed by atoms with Crippen molar-refractivity contribution in [2.45, 2.75) is 25.4 Å². The SMILES string of the molecule is FC1CCN(c2ccc3c(c2)CCN=C3)CC1. The first kappa shape index (κ1) is 10.8. The van der Waals surface area contributed by atoms with E-state index in [9.17, 15) is 4.39 Å². The largest absolute Gasteiger partial charge is 0.371 e. The van der Waals surface area contributed by atoms with Crippen molar-refractivity contribution in [3.63, 3.8) is 0 Å². The highest BCUT2D eigenvalue weighted by Gasteiger charge is 2.19. The summed E-state index contributed by atoms with van der Waals surface area (Å²) in [6.07, 6.45) is 3.71. The second kappa shape index (κ2) is 4.47. The van der Waals surface area contributed by atoms with Crippen molar-refractivity contribution in [3.05, 3.63) is 29.3 Å². The fraction of sp³-hybridized carbons (Fsp3) is 0.500. The molecule has 90 valence electrons. The van der Waals surface area contributed by atoms with Gasteiger partial charge in [0.1, 0.15) is 6.17 Å². The normalized spacial score (nSPS) is 20.4. The average molecular weight is 232 g/mol. The zero-order chi connectivity index (χ0) is 11.7. The molecule has 1 saturated heterocycles. The number of alkyl halides is 1. The lowest BCUT2D eigenvalue weighted by Crippen LogP contribution is -2.34. The third-order valence-corrected chi connectivity index (χ3v) is 3.66. The van der Waals surface area contributed by atoms with Gasteiger partial charge in [-0.05, 0) is 42.5 Å². The maximum absolute atomic E-state index is 13.1. The summed E-state index contributed by atoms with van der Waals surface area (Å²) in [6.45, 7) is 2.57. The zero-order valence-corrected chi connectivity index (χ0v) is 9.90. The van der Waals surface area contributed by atoms with Crippen LogP contribution in [0.15, 0.2) is 23.2 Å². The number of benzene rings is 1. The first-order valence-electron chi connectivity index (χ1n) is 6.35. The molecular formula is C14H17FN2. The monoisotopic (exact) mass is 232 g/mol. The van der Waals surface area contributed by atoms with Crippen LogP contribution in [-0.2, 0) is 6.42 Å². The van der Waals surface area contributed by atoms with Crippen LogP contribution < -0.4 is 4.90 Å². The standard InChI is InChI=1S/C14H17FN2/c15-13-4-7-17(8-5-13)14-2-1-12-10-16-6-3-11(12)9-14/h1-2,9-10,13H,3-8H2. The van der Waals surface area contributed by atoms with E-state index in [1.165, 1.54) is 16.8 Å². The van der Waals surface area contributed by atoms with Gasteiger partial charge in [0.15, 0.2) is 0 Å². The minimum absolute atomic E-state index is 0.601. The molecule has 2 aliphatic heterocycles. The highest BCUT2D eigenvalue weighted by Crippen LogP contribution is 2.24. The number of fused-ring (bicyclic) bond motifs is 1. The molecule has 1 fully saturated rings. The van der Waals surface area contributed by atoms with E-state index in [0.29, 0.717) is 12.8 Å². The van der Waals surface area contributed by atoms with Crippen LogP contribution in [0.1, 0.15) is 24.0 Å². The molecule has 3 heteroatoms. The van der Waals surface area contributed by atoms with E-state index < -0.39 is 6.17 Å². The van der Waals surface area contributed by atoms with Gasteiger partial charge in [-0.2, -0.15) is 0 Å². The summed E-state index contributed by atoms with van der Waals surface area (Å²) in [4.78, 5) is 6.58. The van der Waals surface area contributed by atoms with Crippen molar-refractivity contribution < 1.29 is 4.39 Å². The van der Waals surface area contributed by atoms with E-state index in [1.54, 1.807) is 0 Å². The Hall–Kier alpha value is -1.38. The van der Waals surface area contributed by atoms with Gasteiger partial charge >= 0.3 is 0 Å². The summed E-state index contributed by atoms with van der Waals surface area (Å²) >= 11 is 0. The van der Waals surface area contributed by atoms with Crippen LogP contribution in [0.3, 0.4) is 0 Å². The quantitative estimate of drug-likeness (QED) is 0.726. The minimum atomic E-state index is -0.601. The van der Waals surface area contributed by atoms with Gasteiger partial charge in [0.25, 0.3) is 0 Å².